The number of anilines is 1. The average Bonchev–Trinajstić information content (AvgIpc) is 2.59. The molecule has 0 bridgehead atoms. The minimum Gasteiger partial charge on any atom is -0.506 e. The molecule has 2 aromatic carbocycles. The van der Waals surface area contributed by atoms with E-state index in [1.54, 1.807) is 45.0 Å². The average molecular weight is 734 g/mol. The number of ether oxygens (including phenoxy) is 1. The van der Waals surface area contributed by atoms with Crippen molar-refractivity contribution in [1.82, 2.24) is 5.32 Å². The van der Waals surface area contributed by atoms with Gasteiger partial charge in [-0.15, -0.1) is 0 Å². The molecule has 6 nitrogen and oxygen atoms in total. The number of amides is 2. The van der Waals surface area contributed by atoms with Gasteiger partial charge >= 0.3 is 6.09 Å². The van der Waals surface area contributed by atoms with E-state index in [2.05, 4.69) is 33.2 Å². The number of nitrogens with one attached hydrogen (secondary N) is 2. The predicted octanol–water partition coefficient (Wildman–Crippen LogP) is 5.28. The lowest BCUT2D eigenvalue weighted by atomic mass is 10.0. The largest absolute Gasteiger partial charge is 0.506 e. The topological polar surface area (TPSA) is 87.7 Å². The SMILES string of the molecule is CC(C)(C)OC(=O)N[C@@H](Cc1cc(I)c(O)c(I)c1)C(=O)Nc1ccc(I)cc1. The van der Waals surface area contributed by atoms with Gasteiger partial charge in [0, 0.05) is 15.7 Å². The lowest BCUT2D eigenvalue weighted by Gasteiger charge is -2.23. The first kappa shape index (κ1) is 24.4. The molecular formula is C20H21I3N2O4. The van der Waals surface area contributed by atoms with Crippen molar-refractivity contribution in [2.45, 2.75) is 38.8 Å². The Kier molecular flexibility index (Phi) is 8.82. The maximum absolute atomic E-state index is 12.9. The summed E-state index contributed by atoms with van der Waals surface area (Å²) in [6.07, 6.45) is -0.412. The number of carbonyl (C=O) groups excluding carboxylic acids is 2. The zero-order valence-corrected chi connectivity index (χ0v) is 22.5. The van der Waals surface area contributed by atoms with E-state index in [1.165, 1.54) is 0 Å². The summed E-state index contributed by atoms with van der Waals surface area (Å²) >= 11 is 6.26. The summed E-state index contributed by atoms with van der Waals surface area (Å²) in [6.45, 7) is 5.29. The van der Waals surface area contributed by atoms with E-state index in [9.17, 15) is 14.7 Å². The van der Waals surface area contributed by atoms with Gasteiger partial charge in [0.25, 0.3) is 0 Å². The fourth-order valence-corrected chi connectivity index (χ4v) is 4.65. The number of hydrogen-bond acceptors (Lipinski definition) is 4. The zero-order chi connectivity index (χ0) is 21.8. The van der Waals surface area contributed by atoms with E-state index in [4.69, 9.17) is 4.74 Å². The molecule has 156 valence electrons. The lowest BCUT2D eigenvalue weighted by molar-refractivity contribution is -0.118. The summed E-state index contributed by atoms with van der Waals surface area (Å²) in [7, 11) is 0. The molecule has 3 N–H and O–H groups in total. The van der Waals surface area contributed by atoms with Crippen LogP contribution in [0.2, 0.25) is 0 Å². The predicted molar refractivity (Wildman–Crippen MR) is 138 cm³/mol. The Morgan fingerprint density at radius 3 is 2.14 bits per heavy atom. The van der Waals surface area contributed by atoms with Gasteiger partial charge in [0.2, 0.25) is 5.91 Å². The maximum Gasteiger partial charge on any atom is 0.408 e. The molecule has 2 rings (SSSR count). The highest BCUT2D eigenvalue weighted by Gasteiger charge is 2.25. The Labute approximate surface area is 211 Å². The van der Waals surface area contributed by atoms with Crippen LogP contribution < -0.4 is 10.6 Å². The molecular weight excluding hydrogens is 713 g/mol. The van der Waals surface area contributed by atoms with Crippen molar-refractivity contribution in [3.8, 4) is 5.75 Å². The van der Waals surface area contributed by atoms with Crippen LogP contribution in [0.25, 0.3) is 0 Å². The number of benzene rings is 2. The van der Waals surface area contributed by atoms with Crippen LogP contribution in [0.5, 0.6) is 5.75 Å². The van der Waals surface area contributed by atoms with Gasteiger partial charge in [-0.2, -0.15) is 0 Å². The van der Waals surface area contributed by atoms with Gasteiger partial charge in [-0.3, -0.25) is 4.79 Å². The van der Waals surface area contributed by atoms with E-state index in [-0.39, 0.29) is 18.1 Å². The van der Waals surface area contributed by atoms with Crippen LogP contribution >= 0.6 is 67.8 Å². The van der Waals surface area contributed by atoms with E-state index in [1.807, 2.05) is 57.3 Å². The third kappa shape index (κ3) is 8.07. The van der Waals surface area contributed by atoms with Crippen LogP contribution in [0.3, 0.4) is 0 Å². The molecule has 0 unspecified atom stereocenters. The van der Waals surface area contributed by atoms with E-state index < -0.39 is 17.7 Å². The van der Waals surface area contributed by atoms with Crippen LogP contribution in [0.15, 0.2) is 36.4 Å². The minimum atomic E-state index is -0.847. The molecule has 0 aliphatic rings. The molecule has 0 fully saturated rings. The first-order valence-electron chi connectivity index (χ1n) is 8.67. The fraction of sp³-hybridized carbons (Fsp3) is 0.300. The smallest absolute Gasteiger partial charge is 0.408 e. The molecule has 29 heavy (non-hydrogen) atoms. The standard InChI is InChI=1S/C20H21I3N2O4/c1-20(2,3)29-19(28)25-16(10-11-8-14(22)17(26)15(23)9-11)18(27)24-13-6-4-12(21)5-7-13/h4-9,16,26H,10H2,1-3H3,(H,24,27)(H,25,28)/t16-/m0/s1. The van der Waals surface area contributed by atoms with Gasteiger partial charge in [0.05, 0.1) is 7.14 Å². The Bertz CT molecular complexity index is 873. The van der Waals surface area contributed by atoms with Crippen molar-refractivity contribution >= 4 is 85.5 Å². The third-order valence-corrected chi connectivity index (χ3v) is 6.00. The molecule has 2 aromatic rings. The number of carbonyl (C=O) groups is 2. The number of rotatable bonds is 5. The molecule has 9 heteroatoms. The van der Waals surface area contributed by atoms with Crippen LogP contribution in [-0.4, -0.2) is 28.7 Å². The van der Waals surface area contributed by atoms with Gasteiger partial charge in [0.1, 0.15) is 17.4 Å². The number of phenols is 1. The molecule has 0 aromatic heterocycles. The molecule has 0 spiro atoms. The second-order valence-corrected chi connectivity index (χ2v) is 10.9. The lowest BCUT2D eigenvalue weighted by Crippen LogP contribution is -2.47. The van der Waals surface area contributed by atoms with E-state index in [0.29, 0.717) is 12.8 Å². The van der Waals surface area contributed by atoms with Crippen molar-refractivity contribution in [2.24, 2.45) is 0 Å². The summed E-state index contributed by atoms with van der Waals surface area (Å²) in [5.74, 6) is -0.148. The zero-order valence-electron chi connectivity index (χ0n) is 16.1. The molecule has 0 radical (unpaired) electrons. The van der Waals surface area contributed by atoms with Crippen molar-refractivity contribution in [1.29, 1.82) is 0 Å². The Hall–Kier alpha value is -0.830. The highest BCUT2D eigenvalue weighted by molar-refractivity contribution is 14.1. The molecule has 0 aliphatic heterocycles. The fourth-order valence-electron chi connectivity index (χ4n) is 2.39. The van der Waals surface area contributed by atoms with E-state index in [0.717, 1.165) is 9.13 Å². The molecule has 0 heterocycles. The number of hydrogen-bond donors (Lipinski definition) is 3. The number of alkyl carbamates (subject to hydrolysis) is 1. The van der Waals surface area contributed by atoms with Gasteiger partial charge < -0.3 is 20.5 Å². The monoisotopic (exact) mass is 734 g/mol. The summed E-state index contributed by atoms with van der Waals surface area (Å²) in [6, 6.07) is 10.1. The summed E-state index contributed by atoms with van der Waals surface area (Å²) < 4.78 is 7.73. The maximum atomic E-state index is 12.9. The number of phenolic OH excluding ortho intramolecular Hbond substituents is 1. The quantitative estimate of drug-likeness (QED) is 0.366. The first-order valence-corrected chi connectivity index (χ1v) is 11.9. The van der Waals surface area contributed by atoms with Crippen molar-refractivity contribution in [2.75, 3.05) is 5.32 Å². The van der Waals surface area contributed by atoms with Gasteiger partial charge in [0.15, 0.2) is 0 Å². The van der Waals surface area contributed by atoms with Gasteiger partial charge in [-0.25, -0.2) is 4.79 Å². The molecule has 2 amide bonds. The Balaban J connectivity index is 2.23. The van der Waals surface area contributed by atoms with Gasteiger partial charge in [-0.1, -0.05) is 0 Å². The van der Waals surface area contributed by atoms with Crippen LogP contribution in [-0.2, 0) is 16.0 Å². The summed E-state index contributed by atoms with van der Waals surface area (Å²) in [5, 5.41) is 15.5. The van der Waals surface area contributed by atoms with Crippen LogP contribution in [0, 0.1) is 10.7 Å². The van der Waals surface area contributed by atoms with Gasteiger partial charge in [-0.05, 0) is 131 Å². The summed E-state index contributed by atoms with van der Waals surface area (Å²) in [5.41, 5.74) is 0.779. The molecule has 0 aliphatic carbocycles. The molecule has 0 saturated carbocycles. The second-order valence-electron chi connectivity index (χ2n) is 7.31. The Morgan fingerprint density at radius 1 is 1.07 bits per heavy atom. The third-order valence-electron chi connectivity index (χ3n) is 3.64. The molecule has 0 saturated heterocycles. The normalized spacial score (nSPS) is 12.2. The first-order chi connectivity index (χ1) is 13.4. The highest BCUT2D eigenvalue weighted by atomic mass is 127. The highest BCUT2D eigenvalue weighted by Crippen LogP contribution is 2.28. The molecule has 1 atom stereocenters. The van der Waals surface area contributed by atoms with Crippen molar-refractivity contribution < 1.29 is 19.4 Å². The summed E-state index contributed by atoms with van der Waals surface area (Å²) in [4.78, 5) is 25.2. The van der Waals surface area contributed by atoms with Crippen molar-refractivity contribution in [3.63, 3.8) is 0 Å². The number of aromatic hydroxyl groups is 1. The number of halogens is 3. The Morgan fingerprint density at radius 2 is 1.62 bits per heavy atom. The van der Waals surface area contributed by atoms with Crippen molar-refractivity contribution in [3.05, 3.63) is 52.7 Å². The van der Waals surface area contributed by atoms with E-state index >= 15 is 0 Å². The second kappa shape index (κ2) is 10.5. The van der Waals surface area contributed by atoms with Crippen LogP contribution in [0.4, 0.5) is 10.5 Å². The minimum absolute atomic E-state index is 0.204. The van der Waals surface area contributed by atoms with Crippen LogP contribution in [0.1, 0.15) is 26.3 Å².